The van der Waals surface area contributed by atoms with E-state index in [1.807, 2.05) is 25.2 Å². The average molecular weight is 497 g/mol. The van der Waals surface area contributed by atoms with Crippen LogP contribution in [0.4, 0.5) is 10.5 Å². The number of urea groups is 1. The summed E-state index contributed by atoms with van der Waals surface area (Å²) in [6, 6.07) is 8.87. The second-order valence-electron chi connectivity index (χ2n) is 9.03. The molecule has 0 spiro atoms. The number of hydrogen-bond acceptors (Lipinski definition) is 7. The van der Waals surface area contributed by atoms with Crippen LogP contribution in [0.3, 0.4) is 0 Å². The fourth-order valence-electron chi connectivity index (χ4n) is 4.46. The van der Waals surface area contributed by atoms with Crippen LogP contribution < -0.4 is 11.1 Å². The van der Waals surface area contributed by atoms with Crippen LogP contribution in [0.25, 0.3) is 44.7 Å². The third-order valence-corrected chi connectivity index (χ3v) is 6.53. The lowest BCUT2D eigenvalue weighted by Crippen LogP contribution is -2.48. The number of aromatic nitrogens is 6. The molecule has 3 amide bonds. The van der Waals surface area contributed by atoms with Gasteiger partial charge in [-0.3, -0.25) is 14.9 Å². The van der Waals surface area contributed by atoms with Crippen LogP contribution in [0.1, 0.15) is 10.4 Å². The Balaban J connectivity index is 1.31. The number of H-pyrrole nitrogens is 2. The topological polar surface area (TPSA) is 162 Å². The van der Waals surface area contributed by atoms with Gasteiger partial charge in [-0.05, 0) is 31.3 Å². The number of primary amides is 1. The number of para-hydroxylation sites is 1. The van der Waals surface area contributed by atoms with Crippen molar-refractivity contribution in [3.05, 3.63) is 54.5 Å². The van der Waals surface area contributed by atoms with Crippen LogP contribution in [0.2, 0.25) is 0 Å². The lowest BCUT2D eigenvalue weighted by Gasteiger charge is -2.32. The summed E-state index contributed by atoms with van der Waals surface area (Å²) in [4.78, 5) is 45.2. The molecule has 5 heterocycles. The van der Waals surface area contributed by atoms with Gasteiger partial charge in [0.2, 0.25) is 0 Å². The second kappa shape index (κ2) is 8.99. The van der Waals surface area contributed by atoms with E-state index in [1.165, 1.54) is 0 Å². The Kier molecular flexibility index (Phi) is 5.49. The normalized spacial score (nSPS) is 14.4. The Morgan fingerprint density at radius 3 is 2.68 bits per heavy atom. The monoisotopic (exact) mass is 496 g/mol. The maximum absolute atomic E-state index is 12.7. The van der Waals surface area contributed by atoms with Gasteiger partial charge in [-0.15, -0.1) is 0 Å². The van der Waals surface area contributed by atoms with E-state index in [4.69, 9.17) is 5.73 Å². The number of fused-ring (bicyclic) bond motifs is 2. The van der Waals surface area contributed by atoms with Gasteiger partial charge in [-0.25, -0.2) is 14.8 Å². The van der Waals surface area contributed by atoms with Gasteiger partial charge in [-0.2, -0.15) is 5.10 Å². The maximum Gasteiger partial charge on any atom is 0.321 e. The van der Waals surface area contributed by atoms with Gasteiger partial charge in [0.1, 0.15) is 11.2 Å². The molecule has 0 saturated carbocycles. The molecule has 0 aliphatic carbocycles. The van der Waals surface area contributed by atoms with Crippen molar-refractivity contribution in [1.29, 1.82) is 0 Å². The number of benzene rings is 1. The number of aromatic amines is 2. The van der Waals surface area contributed by atoms with Crippen LogP contribution >= 0.6 is 0 Å². The first-order chi connectivity index (χ1) is 18.0. The van der Waals surface area contributed by atoms with E-state index < -0.39 is 5.91 Å². The molecule has 1 fully saturated rings. The molecule has 0 unspecified atom stereocenters. The van der Waals surface area contributed by atoms with Crippen molar-refractivity contribution >= 4 is 39.7 Å². The largest absolute Gasteiger partial charge is 0.366 e. The molecule has 12 heteroatoms. The molecule has 5 N–H and O–H groups in total. The summed E-state index contributed by atoms with van der Waals surface area (Å²) in [5.41, 5.74) is 10.3. The molecule has 4 aromatic heterocycles. The number of nitrogens with zero attached hydrogens (tertiary/aromatic N) is 6. The Morgan fingerprint density at radius 1 is 1.05 bits per heavy atom. The Bertz CT molecular complexity index is 1650. The van der Waals surface area contributed by atoms with Crippen molar-refractivity contribution in [3.63, 3.8) is 0 Å². The standard InChI is InChI=1S/C25H24N10O2/c1-34-5-7-35(8-6-34)25(37)29-16-9-14(11-27-13-16)15-10-18-21(32-33-23(18)28-12-15)24-30-19-4-2-3-17(22(26)36)20(19)31-24/h2-4,9-13H,5-8H2,1H3,(H2,26,36)(H,29,37)(H,30,31)(H,28,32,33). The van der Waals surface area contributed by atoms with E-state index >= 15 is 0 Å². The van der Waals surface area contributed by atoms with Gasteiger partial charge < -0.3 is 25.8 Å². The highest BCUT2D eigenvalue weighted by atomic mass is 16.2. The number of likely N-dealkylation sites (N-methyl/N-ethyl adjacent to an activating group) is 1. The Morgan fingerprint density at radius 2 is 1.86 bits per heavy atom. The smallest absolute Gasteiger partial charge is 0.321 e. The van der Waals surface area contributed by atoms with Crippen LogP contribution in [0.5, 0.6) is 0 Å². The molecule has 0 radical (unpaired) electrons. The molecule has 5 aromatic rings. The maximum atomic E-state index is 12.7. The van der Waals surface area contributed by atoms with Gasteiger partial charge in [0.05, 0.1) is 28.4 Å². The summed E-state index contributed by atoms with van der Waals surface area (Å²) in [7, 11) is 2.05. The summed E-state index contributed by atoms with van der Waals surface area (Å²) in [6.45, 7) is 3.06. The summed E-state index contributed by atoms with van der Waals surface area (Å²) < 4.78 is 0. The first-order valence-electron chi connectivity index (χ1n) is 11.8. The zero-order valence-electron chi connectivity index (χ0n) is 20.0. The molecule has 6 rings (SSSR count). The number of imidazole rings is 1. The average Bonchev–Trinajstić information content (AvgIpc) is 3.52. The molecular weight excluding hydrogens is 472 g/mol. The second-order valence-corrected chi connectivity index (χ2v) is 9.03. The number of carbonyl (C=O) groups is 2. The number of nitrogens with two attached hydrogens (primary N) is 1. The first-order valence-corrected chi connectivity index (χ1v) is 11.8. The van der Waals surface area contributed by atoms with Crippen LogP contribution in [0.15, 0.2) is 48.9 Å². The number of nitrogens with one attached hydrogen (secondary N) is 3. The minimum Gasteiger partial charge on any atom is -0.366 e. The number of hydrogen-bond donors (Lipinski definition) is 4. The summed E-state index contributed by atoms with van der Waals surface area (Å²) >= 11 is 0. The van der Waals surface area contributed by atoms with Crippen molar-refractivity contribution in [2.45, 2.75) is 0 Å². The number of rotatable bonds is 4. The quantitative estimate of drug-likeness (QED) is 0.297. The molecule has 1 aliphatic heterocycles. The predicted molar refractivity (Wildman–Crippen MR) is 139 cm³/mol. The van der Waals surface area contributed by atoms with Gasteiger partial charge in [0.25, 0.3) is 5.91 Å². The summed E-state index contributed by atoms with van der Waals surface area (Å²) in [6.07, 6.45) is 5.06. The Hall–Kier alpha value is -4.84. The van der Waals surface area contributed by atoms with E-state index in [0.717, 1.165) is 29.6 Å². The van der Waals surface area contributed by atoms with Crippen molar-refractivity contribution in [3.8, 4) is 22.6 Å². The third kappa shape index (κ3) is 4.23. The zero-order chi connectivity index (χ0) is 25.5. The van der Waals surface area contributed by atoms with Crippen LogP contribution in [-0.2, 0) is 0 Å². The minimum absolute atomic E-state index is 0.141. The molecule has 12 nitrogen and oxygen atoms in total. The minimum atomic E-state index is -0.549. The third-order valence-electron chi connectivity index (χ3n) is 6.53. The molecule has 186 valence electrons. The molecule has 37 heavy (non-hydrogen) atoms. The van der Waals surface area contributed by atoms with E-state index in [9.17, 15) is 9.59 Å². The summed E-state index contributed by atoms with van der Waals surface area (Å²) in [5.74, 6) is -0.0631. The lowest BCUT2D eigenvalue weighted by atomic mass is 10.1. The van der Waals surface area contributed by atoms with E-state index in [1.54, 1.807) is 35.6 Å². The van der Waals surface area contributed by atoms with Crippen molar-refractivity contribution in [2.24, 2.45) is 5.73 Å². The number of amides is 3. The summed E-state index contributed by atoms with van der Waals surface area (Å²) in [5, 5.41) is 11.0. The van der Waals surface area contributed by atoms with E-state index in [0.29, 0.717) is 52.5 Å². The van der Waals surface area contributed by atoms with E-state index in [2.05, 4.69) is 40.3 Å². The zero-order valence-corrected chi connectivity index (χ0v) is 20.0. The molecule has 1 aromatic carbocycles. The molecule has 0 atom stereocenters. The fraction of sp³-hybridized carbons (Fsp3) is 0.200. The highest BCUT2D eigenvalue weighted by molar-refractivity contribution is 6.05. The lowest BCUT2D eigenvalue weighted by molar-refractivity contribution is 0.100. The highest BCUT2D eigenvalue weighted by Crippen LogP contribution is 2.30. The SMILES string of the molecule is CN1CCN(C(=O)Nc2cncc(-c3cnc4[nH]nc(-c5nc6c(C(N)=O)cccc6[nH]5)c4c3)c2)CC1. The van der Waals surface area contributed by atoms with Gasteiger partial charge in [0, 0.05) is 49.7 Å². The first kappa shape index (κ1) is 22.6. The van der Waals surface area contributed by atoms with Crippen LogP contribution in [0, 0.1) is 0 Å². The number of piperazine rings is 1. The van der Waals surface area contributed by atoms with Gasteiger partial charge in [-0.1, -0.05) is 6.07 Å². The number of carbonyl (C=O) groups excluding carboxylic acids is 2. The molecule has 1 aliphatic rings. The molecule has 1 saturated heterocycles. The fourth-order valence-corrected chi connectivity index (χ4v) is 4.46. The van der Waals surface area contributed by atoms with Gasteiger partial charge in [0.15, 0.2) is 11.5 Å². The molecular formula is C25H24N10O2. The van der Waals surface area contributed by atoms with Crippen LogP contribution in [-0.4, -0.2) is 85.1 Å². The number of pyridine rings is 2. The van der Waals surface area contributed by atoms with Crippen molar-refractivity contribution in [2.75, 3.05) is 38.5 Å². The highest BCUT2D eigenvalue weighted by Gasteiger charge is 2.20. The predicted octanol–water partition coefficient (Wildman–Crippen LogP) is 2.44. The van der Waals surface area contributed by atoms with Crippen molar-refractivity contribution in [1.82, 2.24) is 39.9 Å². The van der Waals surface area contributed by atoms with Crippen molar-refractivity contribution < 1.29 is 9.59 Å². The van der Waals surface area contributed by atoms with E-state index in [-0.39, 0.29) is 6.03 Å². The Labute approximate surface area is 210 Å². The number of anilines is 1. The molecule has 0 bridgehead atoms. The van der Waals surface area contributed by atoms with Gasteiger partial charge >= 0.3 is 6.03 Å².